The number of rotatable bonds is 6. The summed E-state index contributed by atoms with van der Waals surface area (Å²) in [5.74, 6) is 0. The van der Waals surface area contributed by atoms with Crippen molar-refractivity contribution in [1.82, 2.24) is 9.78 Å². The fraction of sp³-hybridized carbons (Fsp3) is 0.235. The molecule has 0 N–H and O–H groups in total. The molecule has 0 fully saturated rings. The van der Waals surface area contributed by atoms with Crippen molar-refractivity contribution in [2.24, 2.45) is 0 Å². The van der Waals surface area contributed by atoms with E-state index in [1.165, 1.54) is 0 Å². The Morgan fingerprint density at radius 3 is 2.38 bits per heavy atom. The van der Waals surface area contributed by atoms with E-state index in [1.54, 1.807) is 12.1 Å². The lowest BCUT2D eigenvalue weighted by atomic mass is 10.3. The molecule has 0 amide bonds. The van der Waals surface area contributed by atoms with Gasteiger partial charge in [-0.25, -0.2) is 4.68 Å². The molecule has 0 radical (unpaired) electrons. The Hall–Kier alpha value is -1.16. The van der Waals surface area contributed by atoms with Crippen LogP contribution in [-0.4, -0.2) is 23.0 Å². The highest BCUT2D eigenvalue weighted by molar-refractivity contribution is 7.56. The molecule has 0 aliphatic rings. The normalized spacial score (nSPS) is 11.5. The number of aromatic nitrogens is 2. The molecule has 0 saturated heterocycles. The van der Waals surface area contributed by atoms with Gasteiger partial charge in [0.15, 0.2) is 0 Å². The van der Waals surface area contributed by atoms with Gasteiger partial charge in [0.05, 0.1) is 34.5 Å². The lowest BCUT2D eigenvalue weighted by Gasteiger charge is -2.17. The first-order chi connectivity index (χ1) is 11.7. The Bertz CT molecular complexity index is 848. The lowest BCUT2D eigenvalue weighted by Crippen LogP contribution is -2.18. The second-order valence-electron chi connectivity index (χ2n) is 4.94. The fourth-order valence-corrected chi connectivity index (χ4v) is 4.17. The number of fused-ring (bicyclic) bond motifs is 1. The molecule has 0 unspecified atom stereocenters. The molecule has 0 atom stereocenters. The van der Waals surface area contributed by atoms with Gasteiger partial charge in [-0.1, -0.05) is 41.4 Å². The van der Waals surface area contributed by atoms with Crippen LogP contribution in [0.2, 0.25) is 10.0 Å². The first-order valence-electron chi connectivity index (χ1n) is 7.64. The zero-order chi connectivity index (χ0) is 17.1. The molecule has 0 spiro atoms. The van der Waals surface area contributed by atoms with Crippen LogP contribution in [0.3, 0.4) is 0 Å². The molecular weight excluding hydrogens is 366 g/mol. The van der Waals surface area contributed by atoms with Gasteiger partial charge in [-0.3, -0.25) is 0 Å². The second-order valence-corrected chi connectivity index (χ2v) is 7.21. The van der Waals surface area contributed by atoms with Gasteiger partial charge in [-0.05, 0) is 38.1 Å². The summed E-state index contributed by atoms with van der Waals surface area (Å²) in [6.07, 6.45) is 0. The summed E-state index contributed by atoms with van der Waals surface area (Å²) in [7, 11) is -1.26. The zero-order valence-corrected chi connectivity index (χ0v) is 15.8. The average Bonchev–Trinajstić information content (AvgIpc) is 2.96. The summed E-state index contributed by atoms with van der Waals surface area (Å²) in [6, 6.07) is 13.4. The Balaban J connectivity index is 2.22. The van der Waals surface area contributed by atoms with Gasteiger partial charge in [-0.2, -0.15) is 5.10 Å². The first-order valence-corrected chi connectivity index (χ1v) is 9.58. The molecule has 0 saturated carbocycles. The van der Waals surface area contributed by atoms with Crippen molar-refractivity contribution in [3.05, 3.63) is 52.5 Å². The van der Waals surface area contributed by atoms with Crippen molar-refractivity contribution in [3.8, 4) is 5.69 Å². The van der Waals surface area contributed by atoms with Gasteiger partial charge in [0.25, 0.3) is 0 Å². The second kappa shape index (κ2) is 7.81. The molecule has 0 aliphatic heterocycles. The first kappa shape index (κ1) is 17.7. The number of nitrogens with zero attached hydrogens (tertiary/aromatic N) is 2. The largest absolute Gasteiger partial charge is 0.330 e. The van der Waals surface area contributed by atoms with E-state index in [4.69, 9.17) is 37.3 Å². The third-order valence-electron chi connectivity index (χ3n) is 3.37. The molecule has 1 heterocycles. The maximum Gasteiger partial charge on any atom is 0.225 e. The van der Waals surface area contributed by atoms with E-state index in [9.17, 15) is 0 Å². The smallest absolute Gasteiger partial charge is 0.225 e. The minimum atomic E-state index is -1.26. The predicted octanol–water partition coefficient (Wildman–Crippen LogP) is 5.34. The van der Waals surface area contributed by atoms with E-state index in [2.05, 4.69) is 0 Å². The maximum atomic E-state index is 6.19. The van der Waals surface area contributed by atoms with Crippen LogP contribution in [0, 0.1) is 0 Å². The van der Waals surface area contributed by atoms with Crippen LogP contribution >= 0.6 is 31.6 Å². The van der Waals surface area contributed by atoms with Gasteiger partial charge >= 0.3 is 0 Å². The topological polar surface area (TPSA) is 36.3 Å². The van der Waals surface area contributed by atoms with Gasteiger partial charge in [0.2, 0.25) is 8.38 Å². The molecule has 126 valence electrons. The van der Waals surface area contributed by atoms with Crippen LogP contribution < -0.4 is 5.44 Å². The molecule has 0 bridgehead atoms. The van der Waals surface area contributed by atoms with E-state index < -0.39 is 8.38 Å². The molecule has 0 aliphatic carbocycles. The van der Waals surface area contributed by atoms with E-state index >= 15 is 0 Å². The minimum absolute atomic E-state index is 0.483. The molecule has 4 nitrogen and oxygen atoms in total. The highest BCUT2D eigenvalue weighted by Gasteiger charge is 2.24. The highest BCUT2D eigenvalue weighted by atomic mass is 35.5. The van der Waals surface area contributed by atoms with Gasteiger partial charge in [0, 0.05) is 5.39 Å². The van der Waals surface area contributed by atoms with Crippen LogP contribution in [0.5, 0.6) is 0 Å². The minimum Gasteiger partial charge on any atom is -0.330 e. The molecule has 3 rings (SSSR count). The standard InChI is InChI=1S/C17H17Cl2N2O2P/c1-3-22-24(23-4-2)17-13-7-5-6-8-16(13)20-21(17)12-9-10-14(18)15(19)11-12/h5-11H,3-4H2,1-2H3. The Morgan fingerprint density at radius 1 is 1.00 bits per heavy atom. The van der Waals surface area contributed by atoms with Crippen molar-refractivity contribution in [3.63, 3.8) is 0 Å². The molecule has 7 heteroatoms. The Labute approximate surface area is 152 Å². The highest BCUT2D eigenvalue weighted by Crippen LogP contribution is 2.40. The van der Waals surface area contributed by atoms with Gasteiger partial charge in [0.1, 0.15) is 5.44 Å². The summed E-state index contributed by atoms with van der Waals surface area (Å²) < 4.78 is 13.6. The average molecular weight is 383 g/mol. The molecular formula is C17H17Cl2N2O2P. The van der Waals surface area contributed by atoms with E-state index in [1.807, 2.05) is 48.9 Å². The van der Waals surface area contributed by atoms with Crippen LogP contribution in [0.4, 0.5) is 0 Å². The Kier molecular flexibility index (Phi) is 5.75. The quantitative estimate of drug-likeness (QED) is 0.539. The molecule has 3 aromatic rings. The monoisotopic (exact) mass is 382 g/mol. The third kappa shape index (κ3) is 3.44. The van der Waals surface area contributed by atoms with Crippen molar-refractivity contribution < 1.29 is 9.05 Å². The van der Waals surface area contributed by atoms with E-state index in [0.717, 1.165) is 22.0 Å². The predicted molar refractivity (Wildman–Crippen MR) is 101 cm³/mol. The van der Waals surface area contributed by atoms with Crippen LogP contribution in [-0.2, 0) is 9.05 Å². The number of hydrogen-bond acceptors (Lipinski definition) is 3. The van der Waals surface area contributed by atoms with E-state index in [-0.39, 0.29) is 0 Å². The maximum absolute atomic E-state index is 6.19. The molecule has 2 aromatic carbocycles. The van der Waals surface area contributed by atoms with Crippen LogP contribution in [0.15, 0.2) is 42.5 Å². The van der Waals surface area contributed by atoms with Crippen molar-refractivity contribution in [2.45, 2.75) is 13.8 Å². The number of halogens is 2. The fourth-order valence-electron chi connectivity index (χ4n) is 2.39. The summed E-state index contributed by atoms with van der Waals surface area (Å²) in [4.78, 5) is 0. The summed E-state index contributed by atoms with van der Waals surface area (Å²) in [5.41, 5.74) is 2.61. The SMILES string of the molecule is CCOP(OCC)c1c2ccccc2nn1-c1ccc(Cl)c(Cl)c1. The van der Waals surface area contributed by atoms with E-state index in [0.29, 0.717) is 23.3 Å². The number of hydrogen-bond donors (Lipinski definition) is 0. The van der Waals surface area contributed by atoms with Gasteiger partial charge in [-0.15, -0.1) is 0 Å². The van der Waals surface area contributed by atoms with Crippen molar-refractivity contribution in [1.29, 1.82) is 0 Å². The van der Waals surface area contributed by atoms with Crippen LogP contribution in [0.25, 0.3) is 16.6 Å². The van der Waals surface area contributed by atoms with Crippen molar-refractivity contribution in [2.75, 3.05) is 13.2 Å². The van der Waals surface area contributed by atoms with Crippen molar-refractivity contribution >= 4 is 47.9 Å². The van der Waals surface area contributed by atoms with Gasteiger partial charge < -0.3 is 9.05 Å². The number of benzene rings is 2. The molecule has 1 aromatic heterocycles. The summed E-state index contributed by atoms with van der Waals surface area (Å²) in [6.45, 7) is 5.03. The third-order valence-corrected chi connectivity index (χ3v) is 5.87. The zero-order valence-electron chi connectivity index (χ0n) is 13.4. The summed E-state index contributed by atoms with van der Waals surface area (Å²) in [5, 5.41) is 6.71. The summed E-state index contributed by atoms with van der Waals surface area (Å²) >= 11 is 12.2. The van der Waals surface area contributed by atoms with Crippen LogP contribution in [0.1, 0.15) is 13.8 Å². The molecule has 24 heavy (non-hydrogen) atoms. The lowest BCUT2D eigenvalue weighted by molar-refractivity contribution is 0.276. The Morgan fingerprint density at radius 2 is 1.71 bits per heavy atom.